The van der Waals surface area contributed by atoms with Gasteiger partial charge < -0.3 is 18.9 Å². The summed E-state index contributed by atoms with van der Waals surface area (Å²) < 4.78 is 16.1. The lowest BCUT2D eigenvalue weighted by Crippen LogP contribution is -2.29. The molecular weight excluding hydrogens is 418 g/mol. The maximum absolute atomic E-state index is 12.9. The first-order chi connectivity index (χ1) is 15.1. The predicted octanol–water partition coefficient (Wildman–Crippen LogP) is 4.78. The van der Waals surface area contributed by atoms with Crippen LogP contribution in [0.1, 0.15) is 30.3 Å². The number of hydrogen-bond donors (Lipinski definition) is 0. The molecule has 3 aromatic rings. The molecule has 7 nitrogen and oxygen atoms in total. The molecule has 0 bridgehead atoms. The van der Waals surface area contributed by atoms with Crippen molar-refractivity contribution < 1.29 is 18.8 Å². The molecule has 160 valence electrons. The monoisotopic (exact) mass is 439 g/mol. The van der Waals surface area contributed by atoms with Crippen LogP contribution >= 0.6 is 11.6 Å². The number of aromatic nitrogens is 2. The summed E-state index contributed by atoms with van der Waals surface area (Å²) in [5, 5.41) is 4.67. The Labute approximate surface area is 185 Å². The van der Waals surface area contributed by atoms with E-state index in [-0.39, 0.29) is 11.9 Å². The van der Waals surface area contributed by atoms with E-state index < -0.39 is 0 Å². The van der Waals surface area contributed by atoms with Crippen LogP contribution in [0.4, 0.5) is 0 Å². The van der Waals surface area contributed by atoms with Crippen LogP contribution in [0.15, 0.2) is 53.1 Å². The van der Waals surface area contributed by atoms with Gasteiger partial charge in [0.05, 0.1) is 14.2 Å². The lowest BCUT2D eigenvalue weighted by Gasteiger charge is -2.20. The van der Waals surface area contributed by atoms with Crippen molar-refractivity contribution in [3.8, 4) is 22.9 Å². The van der Waals surface area contributed by atoms with E-state index in [4.69, 9.17) is 25.6 Å². The Hall–Kier alpha value is -3.32. The largest absolute Gasteiger partial charge is 0.493 e. The van der Waals surface area contributed by atoms with Crippen molar-refractivity contribution >= 4 is 23.6 Å². The summed E-state index contributed by atoms with van der Waals surface area (Å²) in [6.07, 6.45) is 4.95. The Morgan fingerprint density at radius 2 is 2.03 bits per heavy atom. The Morgan fingerprint density at radius 1 is 1.19 bits per heavy atom. The molecule has 0 saturated carbocycles. The smallest absolute Gasteiger partial charge is 0.249 e. The minimum Gasteiger partial charge on any atom is -0.493 e. The number of hydrogen-bond acceptors (Lipinski definition) is 6. The van der Waals surface area contributed by atoms with Crippen molar-refractivity contribution in [3.63, 3.8) is 0 Å². The zero-order valence-corrected chi connectivity index (χ0v) is 18.0. The molecule has 1 fully saturated rings. The molecule has 2 aromatic carbocycles. The summed E-state index contributed by atoms with van der Waals surface area (Å²) in [4.78, 5) is 19.1. The summed E-state index contributed by atoms with van der Waals surface area (Å²) in [5.74, 6) is 2.02. The second kappa shape index (κ2) is 9.22. The molecule has 1 aromatic heterocycles. The van der Waals surface area contributed by atoms with E-state index in [0.717, 1.165) is 24.0 Å². The van der Waals surface area contributed by atoms with Gasteiger partial charge in [0.25, 0.3) is 0 Å². The minimum atomic E-state index is -0.247. The maximum Gasteiger partial charge on any atom is 0.249 e. The van der Waals surface area contributed by atoms with E-state index >= 15 is 0 Å². The zero-order chi connectivity index (χ0) is 21.8. The fourth-order valence-corrected chi connectivity index (χ4v) is 3.81. The van der Waals surface area contributed by atoms with Crippen LogP contribution in [0.2, 0.25) is 5.02 Å². The van der Waals surface area contributed by atoms with Crippen LogP contribution in [0.5, 0.6) is 11.5 Å². The summed E-state index contributed by atoms with van der Waals surface area (Å²) in [6.45, 7) is 0.634. The van der Waals surface area contributed by atoms with Crippen LogP contribution < -0.4 is 9.47 Å². The van der Waals surface area contributed by atoms with Crippen molar-refractivity contribution in [1.82, 2.24) is 15.0 Å². The first-order valence-electron chi connectivity index (χ1n) is 9.89. The number of ether oxygens (including phenoxy) is 2. The topological polar surface area (TPSA) is 77.7 Å². The number of carbonyl (C=O) groups is 1. The van der Waals surface area contributed by atoms with Crippen LogP contribution in [0.3, 0.4) is 0 Å². The van der Waals surface area contributed by atoms with Crippen LogP contribution in [-0.2, 0) is 4.79 Å². The van der Waals surface area contributed by atoms with Gasteiger partial charge in [0.15, 0.2) is 11.5 Å². The van der Waals surface area contributed by atoms with Crippen LogP contribution in [0, 0.1) is 0 Å². The molecule has 1 unspecified atom stereocenters. The third kappa shape index (κ3) is 4.56. The van der Waals surface area contributed by atoms with Crippen LogP contribution in [0.25, 0.3) is 17.5 Å². The molecule has 1 atom stereocenters. The lowest BCUT2D eigenvalue weighted by molar-refractivity contribution is -0.127. The summed E-state index contributed by atoms with van der Waals surface area (Å²) in [7, 11) is 3.16. The molecule has 0 aliphatic carbocycles. The van der Waals surface area contributed by atoms with Crippen molar-refractivity contribution in [2.45, 2.75) is 18.9 Å². The second-order valence-corrected chi connectivity index (χ2v) is 7.54. The van der Waals surface area contributed by atoms with Crippen molar-refractivity contribution in [3.05, 3.63) is 65.0 Å². The van der Waals surface area contributed by atoms with E-state index in [9.17, 15) is 4.79 Å². The van der Waals surface area contributed by atoms with Gasteiger partial charge in [0, 0.05) is 23.2 Å². The Kier molecular flexibility index (Phi) is 6.23. The minimum absolute atomic E-state index is 0.111. The van der Waals surface area contributed by atoms with Gasteiger partial charge in [0.1, 0.15) is 6.04 Å². The Bertz CT molecular complexity index is 1110. The Morgan fingerprint density at radius 3 is 2.81 bits per heavy atom. The highest BCUT2D eigenvalue weighted by Crippen LogP contribution is 2.33. The molecule has 1 aliphatic rings. The molecule has 1 saturated heterocycles. The average Bonchev–Trinajstić information content (AvgIpc) is 3.47. The Balaban J connectivity index is 1.50. The number of rotatable bonds is 6. The number of nitrogens with zero attached hydrogens (tertiary/aromatic N) is 3. The standard InChI is InChI=1S/C23H22ClN3O4/c1-29-19-10-8-15(13-20(19)30-2)9-11-21(28)27-12-4-7-18(27)23-25-22(26-31-23)16-5-3-6-17(24)14-16/h3,5-6,8-11,13-14,18H,4,7,12H2,1-2H3. The third-order valence-electron chi connectivity index (χ3n) is 5.17. The SMILES string of the molecule is COc1ccc(C=CC(=O)N2CCCC2c2nc(-c3cccc(Cl)c3)no2)cc1OC. The molecule has 0 spiro atoms. The highest BCUT2D eigenvalue weighted by molar-refractivity contribution is 6.30. The molecular formula is C23H22ClN3O4. The summed E-state index contributed by atoms with van der Waals surface area (Å²) in [6, 6.07) is 12.5. The van der Waals surface area contributed by atoms with Gasteiger partial charge >= 0.3 is 0 Å². The molecule has 31 heavy (non-hydrogen) atoms. The fourth-order valence-electron chi connectivity index (χ4n) is 3.62. The normalized spacial score (nSPS) is 16.1. The van der Waals surface area contributed by atoms with Gasteiger partial charge in [-0.1, -0.05) is 35.0 Å². The zero-order valence-electron chi connectivity index (χ0n) is 17.2. The maximum atomic E-state index is 12.9. The molecule has 1 amide bonds. The lowest BCUT2D eigenvalue weighted by atomic mass is 10.1. The second-order valence-electron chi connectivity index (χ2n) is 7.10. The van der Waals surface area contributed by atoms with E-state index in [0.29, 0.717) is 34.8 Å². The third-order valence-corrected chi connectivity index (χ3v) is 5.41. The molecule has 0 radical (unpaired) electrons. The highest BCUT2D eigenvalue weighted by atomic mass is 35.5. The van der Waals surface area contributed by atoms with Gasteiger partial charge in [-0.2, -0.15) is 4.98 Å². The molecule has 4 rings (SSSR count). The molecule has 1 aliphatic heterocycles. The van der Waals surface area contributed by atoms with Gasteiger partial charge in [-0.25, -0.2) is 0 Å². The van der Waals surface area contributed by atoms with E-state index in [2.05, 4.69) is 10.1 Å². The van der Waals surface area contributed by atoms with Gasteiger partial charge in [-0.3, -0.25) is 4.79 Å². The first kappa shape index (κ1) is 20.9. The quantitative estimate of drug-likeness (QED) is 0.514. The highest BCUT2D eigenvalue weighted by Gasteiger charge is 2.33. The number of benzene rings is 2. The number of carbonyl (C=O) groups excluding carboxylic acids is 1. The number of halogens is 1. The van der Waals surface area contributed by atoms with E-state index in [1.807, 2.05) is 24.3 Å². The first-order valence-corrected chi connectivity index (χ1v) is 10.3. The van der Waals surface area contributed by atoms with Gasteiger partial charge in [0.2, 0.25) is 17.6 Å². The van der Waals surface area contributed by atoms with E-state index in [1.54, 1.807) is 49.5 Å². The van der Waals surface area contributed by atoms with Crippen LogP contribution in [-0.4, -0.2) is 41.7 Å². The fraction of sp³-hybridized carbons (Fsp3) is 0.261. The number of methoxy groups -OCH3 is 2. The summed E-state index contributed by atoms with van der Waals surface area (Å²) in [5.41, 5.74) is 1.61. The summed E-state index contributed by atoms with van der Waals surface area (Å²) >= 11 is 6.05. The van der Waals surface area contributed by atoms with Crippen molar-refractivity contribution in [1.29, 1.82) is 0 Å². The molecule has 2 heterocycles. The average molecular weight is 440 g/mol. The number of amides is 1. The predicted molar refractivity (Wildman–Crippen MR) is 117 cm³/mol. The number of likely N-dealkylation sites (tertiary alicyclic amines) is 1. The van der Waals surface area contributed by atoms with Gasteiger partial charge in [-0.05, 0) is 48.7 Å². The van der Waals surface area contributed by atoms with Crippen molar-refractivity contribution in [2.24, 2.45) is 0 Å². The van der Waals surface area contributed by atoms with E-state index in [1.165, 1.54) is 0 Å². The van der Waals surface area contributed by atoms with Gasteiger partial charge in [-0.15, -0.1) is 0 Å². The molecule has 0 N–H and O–H groups in total. The molecule has 8 heteroatoms. The van der Waals surface area contributed by atoms with Crippen molar-refractivity contribution in [2.75, 3.05) is 20.8 Å².